The minimum atomic E-state index is -5.00. The molecule has 8 N–H and O–H groups in total. The monoisotopic (exact) mass is 564 g/mol. The van der Waals surface area contributed by atoms with Crippen molar-refractivity contribution in [1.82, 2.24) is 0 Å². The molecule has 0 spiro atoms. The fourth-order valence-corrected chi connectivity index (χ4v) is 5.19. The Morgan fingerprint density at radius 3 is 1.75 bits per heavy atom. The molecular weight excluding hydrogens is 540 g/mol. The van der Waals surface area contributed by atoms with E-state index < -0.39 is 55.8 Å². The number of nitrogen functional groups attached to an aromatic ring is 2. The van der Waals surface area contributed by atoms with E-state index in [9.17, 15) is 34.4 Å². The lowest BCUT2D eigenvalue weighted by atomic mass is 10.1. The maximum absolute atomic E-state index is 11.4. The Morgan fingerprint density at radius 2 is 1.25 bits per heavy atom. The SMILES string of the molecule is Cc1cc(C)c(OCCO)cc1N.Nc1cc(S(=O)(=O)O)c2cc(S(=O)(=O)O)cc(S(=O)(=O)O)c2c1. The number of rotatable bonds is 6. The van der Waals surface area contributed by atoms with Crippen LogP contribution in [0.15, 0.2) is 51.1 Å². The number of aliphatic hydroxyl groups excluding tert-OH is 1. The molecule has 0 heterocycles. The second kappa shape index (κ2) is 10.6. The molecule has 0 unspecified atom stereocenters. The number of hydrogen-bond donors (Lipinski definition) is 6. The van der Waals surface area contributed by atoms with E-state index in [-0.39, 0.29) is 12.3 Å². The van der Waals surface area contributed by atoms with Gasteiger partial charge in [-0.3, -0.25) is 13.7 Å². The lowest BCUT2D eigenvalue weighted by molar-refractivity contribution is 0.200. The van der Waals surface area contributed by atoms with Gasteiger partial charge >= 0.3 is 0 Å². The highest BCUT2D eigenvalue weighted by Crippen LogP contribution is 2.33. The predicted molar refractivity (Wildman–Crippen MR) is 131 cm³/mol. The van der Waals surface area contributed by atoms with Crippen LogP contribution in [0.25, 0.3) is 10.8 Å². The van der Waals surface area contributed by atoms with Crippen LogP contribution in [0.3, 0.4) is 0 Å². The molecule has 16 heteroatoms. The van der Waals surface area contributed by atoms with Gasteiger partial charge in [-0.2, -0.15) is 25.3 Å². The van der Waals surface area contributed by atoms with Crippen LogP contribution in [0.5, 0.6) is 5.75 Å². The molecule has 0 saturated heterocycles. The van der Waals surface area contributed by atoms with Crippen LogP contribution in [-0.2, 0) is 30.4 Å². The summed E-state index contributed by atoms with van der Waals surface area (Å²) in [6, 6.07) is 6.55. The van der Waals surface area contributed by atoms with Gasteiger partial charge in [0.25, 0.3) is 30.4 Å². The molecule has 0 bridgehead atoms. The predicted octanol–water partition coefficient (Wildman–Crippen LogP) is 1.42. The molecule has 0 amide bonds. The number of nitrogens with two attached hydrogens (primary N) is 2. The molecule has 0 aliphatic rings. The molecule has 0 fully saturated rings. The second-order valence-electron chi connectivity index (χ2n) is 7.51. The van der Waals surface area contributed by atoms with E-state index in [1.54, 1.807) is 6.07 Å². The quantitative estimate of drug-likeness (QED) is 0.183. The minimum absolute atomic E-state index is 0.0211. The van der Waals surface area contributed by atoms with Gasteiger partial charge in [-0.15, -0.1) is 0 Å². The van der Waals surface area contributed by atoms with Crippen molar-refractivity contribution in [1.29, 1.82) is 0 Å². The van der Waals surface area contributed by atoms with Crippen molar-refractivity contribution in [3.05, 3.63) is 47.5 Å². The zero-order valence-electron chi connectivity index (χ0n) is 18.9. The highest BCUT2D eigenvalue weighted by molar-refractivity contribution is 7.87. The number of hydrogen-bond acceptors (Lipinski definition) is 10. The largest absolute Gasteiger partial charge is 0.491 e. The summed E-state index contributed by atoms with van der Waals surface area (Å²) in [4.78, 5) is -2.88. The summed E-state index contributed by atoms with van der Waals surface area (Å²) in [5, 5.41) is 7.57. The van der Waals surface area contributed by atoms with Crippen molar-refractivity contribution in [2.45, 2.75) is 28.5 Å². The maximum atomic E-state index is 11.4. The van der Waals surface area contributed by atoms with Crippen molar-refractivity contribution < 1.29 is 48.8 Å². The number of fused-ring (bicyclic) bond motifs is 1. The Bertz CT molecular complexity index is 1630. The molecule has 0 saturated carbocycles. The van der Waals surface area contributed by atoms with Crippen LogP contribution in [0.4, 0.5) is 11.4 Å². The summed E-state index contributed by atoms with van der Waals surface area (Å²) in [6.07, 6.45) is 0. The standard InChI is InChI=1S/C10H9NO9S3.C10H15NO2/c11-5-1-7-8(9(2-5)22(15,16)17)3-6(21(12,13)14)4-10(7)23(18,19)20;1-7-5-8(2)10(6-9(7)11)13-4-3-12/h1-4H,11H2,(H,12,13,14)(H,15,16,17)(H,18,19,20);5-6,12H,3-4,11H2,1-2H3. The molecule has 0 aromatic heterocycles. The van der Waals surface area contributed by atoms with E-state index in [0.717, 1.165) is 34.7 Å². The highest BCUT2D eigenvalue weighted by Gasteiger charge is 2.25. The van der Waals surface area contributed by atoms with E-state index >= 15 is 0 Å². The van der Waals surface area contributed by atoms with Gasteiger partial charge in [0.15, 0.2) is 0 Å². The highest BCUT2D eigenvalue weighted by atomic mass is 32.2. The van der Waals surface area contributed by atoms with E-state index in [2.05, 4.69) is 0 Å². The van der Waals surface area contributed by atoms with Crippen molar-refractivity contribution in [3.63, 3.8) is 0 Å². The molecule has 3 rings (SSSR count). The van der Waals surface area contributed by atoms with E-state index in [1.165, 1.54) is 0 Å². The summed E-state index contributed by atoms with van der Waals surface area (Å²) in [6.45, 7) is 4.24. The van der Waals surface area contributed by atoms with Crippen molar-refractivity contribution in [2.24, 2.45) is 0 Å². The van der Waals surface area contributed by atoms with Gasteiger partial charge in [0, 0.05) is 28.2 Å². The Labute approximate surface area is 207 Å². The fourth-order valence-electron chi connectivity index (χ4n) is 3.13. The number of ether oxygens (including phenoxy) is 1. The first kappa shape index (κ1) is 29.2. The Hall–Kier alpha value is -2.99. The van der Waals surface area contributed by atoms with E-state index in [1.807, 2.05) is 19.9 Å². The Balaban J connectivity index is 0.000000297. The van der Waals surface area contributed by atoms with Gasteiger partial charge in [0.05, 0.1) is 11.5 Å². The first-order chi connectivity index (χ1) is 16.4. The van der Waals surface area contributed by atoms with Crippen LogP contribution >= 0.6 is 0 Å². The minimum Gasteiger partial charge on any atom is -0.491 e. The molecule has 198 valence electrons. The fraction of sp³-hybridized carbons (Fsp3) is 0.200. The second-order valence-corrected chi connectivity index (χ2v) is 11.7. The van der Waals surface area contributed by atoms with Crippen LogP contribution in [0.1, 0.15) is 11.1 Å². The number of aryl methyl sites for hydroxylation is 2. The molecule has 0 radical (unpaired) electrons. The summed E-state index contributed by atoms with van der Waals surface area (Å²) >= 11 is 0. The molecule has 36 heavy (non-hydrogen) atoms. The molecule has 3 aromatic carbocycles. The molecular formula is C20H24N2O11S3. The number of benzene rings is 3. The van der Waals surface area contributed by atoms with Crippen LogP contribution < -0.4 is 16.2 Å². The maximum Gasteiger partial charge on any atom is 0.295 e. The summed E-state index contributed by atoms with van der Waals surface area (Å²) in [7, 11) is -14.8. The van der Waals surface area contributed by atoms with Gasteiger partial charge in [-0.25, -0.2) is 0 Å². The van der Waals surface area contributed by atoms with Gasteiger partial charge in [-0.05, 0) is 49.2 Å². The first-order valence-electron chi connectivity index (χ1n) is 9.76. The molecule has 0 aliphatic carbocycles. The average Bonchev–Trinajstić information content (AvgIpc) is 2.72. The normalized spacial score (nSPS) is 12.2. The lowest BCUT2D eigenvalue weighted by Gasteiger charge is -2.11. The molecule has 0 atom stereocenters. The number of anilines is 2. The van der Waals surface area contributed by atoms with Crippen LogP contribution in [-0.4, -0.2) is 57.2 Å². The van der Waals surface area contributed by atoms with Gasteiger partial charge in [0.2, 0.25) is 0 Å². The number of aliphatic hydroxyl groups is 1. The smallest absolute Gasteiger partial charge is 0.295 e. The van der Waals surface area contributed by atoms with Crippen LogP contribution in [0.2, 0.25) is 0 Å². The Morgan fingerprint density at radius 1 is 0.722 bits per heavy atom. The topological polar surface area (TPSA) is 245 Å². The Kier molecular flexibility index (Phi) is 8.57. The van der Waals surface area contributed by atoms with Gasteiger partial charge in [-0.1, -0.05) is 6.07 Å². The average molecular weight is 565 g/mol. The summed E-state index contributed by atoms with van der Waals surface area (Å²) in [5.74, 6) is 0.747. The first-order valence-corrected chi connectivity index (χ1v) is 14.1. The molecule has 0 aliphatic heterocycles. The van der Waals surface area contributed by atoms with Gasteiger partial charge in [0.1, 0.15) is 22.1 Å². The third-order valence-corrected chi connectivity index (χ3v) is 7.37. The van der Waals surface area contributed by atoms with Crippen molar-refractivity contribution >= 4 is 52.5 Å². The van der Waals surface area contributed by atoms with E-state index in [4.69, 9.17) is 25.9 Å². The molecule has 13 nitrogen and oxygen atoms in total. The van der Waals surface area contributed by atoms with E-state index in [0.29, 0.717) is 18.7 Å². The third-order valence-electron chi connectivity index (χ3n) is 4.76. The summed E-state index contributed by atoms with van der Waals surface area (Å²) in [5.41, 5.74) is 13.7. The van der Waals surface area contributed by atoms with Gasteiger partial charge < -0.3 is 21.3 Å². The zero-order valence-corrected chi connectivity index (χ0v) is 21.4. The third kappa shape index (κ3) is 7.03. The van der Waals surface area contributed by atoms with Crippen molar-refractivity contribution in [3.8, 4) is 5.75 Å². The zero-order chi connectivity index (χ0) is 27.6. The summed E-state index contributed by atoms with van der Waals surface area (Å²) < 4.78 is 101. The molecule has 3 aromatic rings. The van der Waals surface area contributed by atoms with Crippen molar-refractivity contribution in [2.75, 3.05) is 24.7 Å². The lowest BCUT2D eigenvalue weighted by Crippen LogP contribution is -2.07. The van der Waals surface area contributed by atoms with Crippen LogP contribution in [0, 0.1) is 13.8 Å².